The van der Waals surface area contributed by atoms with Crippen LogP contribution >= 0.6 is 38.5 Å². The summed E-state index contributed by atoms with van der Waals surface area (Å²) in [6, 6.07) is 5.63. The van der Waals surface area contributed by atoms with Crippen molar-refractivity contribution in [3.05, 3.63) is 31.8 Å². The van der Waals surface area contributed by atoms with Crippen molar-refractivity contribution in [3.63, 3.8) is 0 Å². The van der Waals surface area contributed by atoms with Crippen molar-refractivity contribution in [3.8, 4) is 0 Å². The largest absolute Gasteiger partial charge is 0.481 e. The van der Waals surface area contributed by atoms with Crippen LogP contribution in [0.4, 0.5) is 0 Å². The maximum Gasteiger partial charge on any atom is 0.307 e. The van der Waals surface area contributed by atoms with E-state index >= 15 is 0 Å². The summed E-state index contributed by atoms with van der Waals surface area (Å²) >= 11 is 5.43. The summed E-state index contributed by atoms with van der Waals surface area (Å²) in [7, 11) is 0. The molecule has 0 aliphatic rings. The molecule has 0 unspecified atom stereocenters. The smallest absolute Gasteiger partial charge is 0.307 e. The van der Waals surface area contributed by atoms with E-state index in [0.717, 1.165) is 13.6 Å². The number of hydrogen-bond donors (Lipinski definition) is 1. The fourth-order valence-corrected chi connectivity index (χ4v) is 2.42. The molecule has 0 fully saturated rings. The molecule has 1 N–H and O–H groups in total. The van der Waals surface area contributed by atoms with E-state index < -0.39 is 5.97 Å². The molecule has 0 atom stereocenters. The molecule has 0 saturated heterocycles. The van der Waals surface area contributed by atoms with Crippen LogP contribution in [0.25, 0.3) is 0 Å². The van der Waals surface area contributed by atoms with Crippen molar-refractivity contribution >= 4 is 44.5 Å². The van der Waals surface area contributed by atoms with E-state index in [0.29, 0.717) is 0 Å². The summed E-state index contributed by atoms with van der Waals surface area (Å²) in [5, 5.41) is 8.59. The van der Waals surface area contributed by atoms with Gasteiger partial charge in [-0.05, 0) is 40.3 Å². The first-order valence-corrected chi connectivity index (χ1v) is 5.13. The zero-order valence-corrected chi connectivity index (χ0v) is 9.79. The van der Waals surface area contributed by atoms with E-state index in [1.807, 2.05) is 18.2 Å². The second-order valence-corrected chi connectivity index (χ2v) is 4.29. The molecule has 0 aliphatic heterocycles. The molecular weight excluding hydrogens is 335 g/mol. The molecule has 0 aromatic heterocycles. The number of carboxylic acid groups (broad SMARTS) is 1. The lowest BCUT2D eigenvalue weighted by Crippen LogP contribution is -2.02. The third kappa shape index (κ3) is 2.45. The van der Waals surface area contributed by atoms with Crippen molar-refractivity contribution in [2.75, 3.05) is 0 Å². The number of carboxylic acids is 1. The van der Waals surface area contributed by atoms with E-state index in [4.69, 9.17) is 5.11 Å². The maximum absolute atomic E-state index is 10.4. The predicted molar refractivity (Wildman–Crippen MR) is 58.2 cm³/mol. The Morgan fingerprint density at radius 2 is 2.25 bits per heavy atom. The molecule has 0 aliphatic carbocycles. The Hall–Kier alpha value is -0.100. The van der Waals surface area contributed by atoms with Crippen molar-refractivity contribution in [1.82, 2.24) is 0 Å². The van der Waals surface area contributed by atoms with Crippen LogP contribution in [0.2, 0.25) is 0 Å². The van der Waals surface area contributed by atoms with Gasteiger partial charge in [0.15, 0.2) is 0 Å². The molecule has 1 rings (SSSR count). The standard InChI is InChI=1S/C8H6BrIO2/c9-6-2-1-3-7(10)5(6)4-8(11)12/h1-3H,4H2,(H,11,12). The van der Waals surface area contributed by atoms with Crippen LogP contribution in [0.3, 0.4) is 0 Å². The minimum Gasteiger partial charge on any atom is -0.481 e. The minimum absolute atomic E-state index is 0.0691. The quantitative estimate of drug-likeness (QED) is 0.840. The third-order valence-electron chi connectivity index (χ3n) is 1.39. The highest BCUT2D eigenvalue weighted by Gasteiger charge is 2.07. The van der Waals surface area contributed by atoms with E-state index in [2.05, 4.69) is 38.5 Å². The molecule has 1 aromatic carbocycles. The maximum atomic E-state index is 10.4. The summed E-state index contributed by atoms with van der Waals surface area (Å²) < 4.78 is 1.83. The average molecular weight is 341 g/mol. The van der Waals surface area contributed by atoms with Gasteiger partial charge in [0.25, 0.3) is 0 Å². The summed E-state index contributed by atoms with van der Waals surface area (Å²) in [4.78, 5) is 10.4. The van der Waals surface area contributed by atoms with Gasteiger partial charge in [0.2, 0.25) is 0 Å². The first kappa shape index (κ1) is 9.98. The number of halogens is 2. The zero-order chi connectivity index (χ0) is 9.14. The van der Waals surface area contributed by atoms with Crippen LogP contribution in [0, 0.1) is 3.57 Å². The van der Waals surface area contributed by atoms with Crippen LogP contribution in [0.15, 0.2) is 22.7 Å². The summed E-state index contributed by atoms with van der Waals surface area (Å²) in [6.45, 7) is 0. The van der Waals surface area contributed by atoms with Crippen LogP contribution in [0.1, 0.15) is 5.56 Å². The van der Waals surface area contributed by atoms with Crippen LogP contribution in [-0.2, 0) is 11.2 Å². The Balaban J connectivity index is 3.04. The fourth-order valence-electron chi connectivity index (χ4n) is 0.852. The first-order valence-electron chi connectivity index (χ1n) is 3.26. The van der Waals surface area contributed by atoms with Gasteiger partial charge in [0, 0.05) is 8.04 Å². The second kappa shape index (κ2) is 4.23. The Labute approximate surface area is 92.2 Å². The van der Waals surface area contributed by atoms with Crippen LogP contribution in [-0.4, -0.2) is 11.1 Å². The fraction of sp³-hybridized carbons (Fsp3) is 0.125. The molecule has 2 nitrogen and oxygen atoms in total. The Kier molecular flexibility index (Phi) is 3.52. The molecule has 0 spiro atoms. The molecule has 0 heterocycles. The van der Waals surface area contributed by atoms with Crippen LogP contribution in [0.5, 0.6) is 0 Å². The highest BCUT2D eigenvalue weighted by molar-refractivity contribution is 14.1. The third-order valence-corrected chi connectivity index (χ3v) is 3.14. The number of benzene rings is 1. The molecule has 0 bridgehead atoms. The van der Waals surface area contributed by atoms with E-state index in [1.165, 1.54) is 0 Å². The average Bonchev–Trinajstić information content (AvgIpc) is 1.97. The Bertz CT molecular complexity index is 292. The molecule has 0 saturated carbocycles. The first-order chi connectivity index (χ1) is 5.61. The normalized spacial score (nSPS) is 9.83. The molecular formula is C8H6BrIO2. The monoisotopic (exact) mass is 340 g/mol. The lowest BCUT2D eigenvalue weighted by atomic mass is 10.2. The zero-order valence-electron chi connectivity index (χ0n) is 6.05. The van der Waals surface area contributed by atoms with Crippen molar-refractivity contribution in [2.45, 2.75) is 6.42 Å². The molecule has 4 heteroatoms. The SMILES string of the molecule is O=C(O)Cc1c(Br)cccc1I. The van der Waals surface area contributed by atoms with Crippen molar-refractivity contribution < 1.29 is 9.90 Å². The van der Waals surface area contributed by atoms with Gasteiger partial charge in [-0.3, -0.25) is 4.79 Å². The number of aliphatic carboxylic acids is 1. The van der Waals surface area contributed by atoms with Gasteiger partial charge in [0.05, 0.1) is 6.42 Å². The highest BCUT2D eigenvalue weighted by Crippen LogP contribution is 2.22. The lowest BCUT2D eigenvalue weighted by molar-refractivity contribution is -0.136. The molecule has 64 valence electrons. The van der Waals surface area contributed by atoms with Gasteiger partial charge >= 0.3 is 5.97 Å². The molecule has 0 amide bonds. The van der Waals surface area contributed by atoms with E-state index in [1.54, 1.807) is 0 Å². The number of carbonyl (C=O) groups is 1. The van der Waals surface area contributed by atoms with Gasteiger partial charge in [-0.25, -0.2) is 0 Å². The van der Waals surface area contributed by atoms with Gasteiger partial charge in [-0.15, -0.1) is 0 Å². The topological polar surface area (TPSA) is 37.3 Å². The van der Waals surface area contributed by atoms with Crippen LogP contribution < -0.4 is 0 Å². The highest BCUT2D eigenvalue weighted by atomic mass is 127. The van der Waals surface area contributed by atoms with Gasteiger partial charge in [-0.2, -0.15) is 0 Å². The minimum atomic E-state index is -0.806. The molecule has 1 aromatic rings. The lowest BCUT2D eigenvalue weighted by Gasteiger charge is -2.03. The predicted octanol–water partition coefficient (Wildman–Crippen LogP) is 2.68. The van der Waals surface area contributed by atoms with E-state index in [-0.39, 0.29) is 6.42 Å². The Morgan fingerprint density at radius 1 is 1.58 bits per heavy atom. The van der Waals surface area contributed by atoms with Gasteiger partial charge in [-0.1, -0.05) is 22.0 Å². The summed E-state index contributed by atoms with van der Waals surface area (Å²) in [5.74, 6) is -0.806. The molecule has 12 heavy (non-hydrogen) atoms. The van der Waals surface area contributed by atoms with Crippen molar-refractivity contribution in [2.24, 2.45) is 0 Å². The summed E-state index contributed by atoms with van der Waals surface area (Å²) in [6.07, 6.45) is 0.0691. The summed E-state index contributed by atoms with van der Waals surface area (Å²) in [5.41, 5.74) is 0.839. The van der Waals surface area contributed by atoms with Crippen molar-refractivity contribution in [1.29, 1.82) is 0 Å². The Morgan fingerprint density at radius 3 is 2.75 bits per heavy atom. The number of hydrogen-bond acceptors (Lipinski definition) is 1. The van der Waals surface area contributed by atoms with Gasteiger partial charge < -0.3 is 5.11 Å². The molecule has 0 radical (unpaired) electrons. The second-order valence-electron chi connectivity index (χ2n) is 2.27. The number of rotatable bonds is 2. The van der Waals surface area contributed by atoms with E-state index in [9.17, 15) is 4.79 Å². The van der Waals surface area contributed by atoms with Gasteiger partial charge in [0.1, 0.15) is 0 Å².